The van der Waals surface area contributed by atoms with Gasteiger partial charge in [-0.2, -0.15) is 0 Å². The Kier molecular flexibility index (Phi) is 7.02. The molecule has 33 heavy (non-hydrogen) atoms. The van der Waals surface area contributed by atoms with E-state index in [1.165, 1.54) is 12.1 Å². The molecule has 1 unspecified atom stereocenters. The maximum Gasteiger partial charge on any atom is 0.245 e. The number of H-pyrrole nitrogens is 1. The van der Waals surface area contributed by atoms with Crippen LogP contribution in [0.4, 0.5) is 4.39 Å². The number of likely N-dealkylation sites (tertiary alicyclic amines) is 1. The van der Waals surface area contributed by atoms with E-state index in [1.54, 1.807) is 36.7 Å². The van der Waals surface area contributed by atoms with Crippen molar-refractivity contribution >= 4 is 11.8 Å². The maximum atomic E-state index is 13.3. The SMILES string of the molecule is COc1ccc(CC(NC(=O)CCc2cnc[nH]2)C(=O)N2CC(c3ccc(F)cc3)C2)cc1. The van der Waals surface area contributed by atoms with Crippen molar-refractivity contribution in [3.05, 3.63) is 83.7 Å². The quantitative estimate of drug-likeness (QED) is 0.525. The number of methoxy groups -OCH3 is 1. The highest BCUT2D eigenvalue weighted by molar-refractivity contribution is 5.88. The molecule has 2 aromatic carbocycles. The number of aromatic amines is 1. The second-order valence-corrected chi connectivity index (χ2v) is 8.24. The van der Waals surface area contributed by atoms with Gasteiger partial charge >= 0.3 is 0 Å². The Balaban J connectivity index is 1.40. The van der Waals surface area contributed by atoms with E-state index in [0.29, 0.717) is 25.9 Å². The van der Waals surface area contributed by atoms with Gasteiger partial charge in [-0.15, -0.1) is 0 Å². The van der Waals surface area contributed by atoms with Crippen LogP contribution in [0.2, 0.25) is 0 Å². The monoisotopic (exact) mass is 450 g/mol. The van der Waals surface area contributed by atoms with Crippen LogP contribution in [0, 0.1) is 5.82 Å². The summed E-state index contributed by atoms with van der Waals surface area (Å²) in [5.74, 6) is 0.330. The van der Waals surface area contributed by atoms with E-state index in [9.17, 15) is 14.0 Å². The van der Waals surface area contributed by atoms with Crippen LogP contribution in [0.25, 0.3) is 0 Å². The number of aromatic nitrogens is 2. The normalized spacial score (nSPS) is 14.4. The molecule has 0 saturated carbocycles. The minimum absolute atomic E-state index is 0.112. The van der Waals surface area contributed by atoms with Crippen LogP contribution < -0.4 is 10.1 Å². The fourth-order valence-corrected chi connectivity index (χ4v) is 3.96. The van der Waals surface area contributed by atoms with Gasteiger partial charge in [-0.05, 0) is 41.8 Å². The van der Waals surface area contributed by atoms with Crippen molar-refractivity contribution < 1.29 is 18.7 Å². The molecule has 172 valence electrons. The second-order valence-electron chi connectivity index (χ2n) is 8.24. The molecule has 2 amide bonds. The molecular weight excluding hydrogens is 423 g/mol. The molecule has 4 rings (SSSR count). The summed E-state index contributed by atoms with van der Waals surface area (Å²) in [5, 5.41) is 2.92. The zero-order chi connectivity index (χ0) is 23.2. The van der Waals surface area contributed by atoms with Crippen molar-refractivity contribution in [3.8, 4) is 5.75 Å². The zero-order valence-electron chi connectivity index (χ0n) is 18.5. The van der Waals surface area contributed by atoms with Crippen molar-refractivity contribution in [2.75, 3.05) is 20.2 Å². The number of hydrogen-bond acceptors (Lipinski definition) is 4. The molecule has 3 aromatic rings. The highest BCUT2D eigenvalue weighted by atomic mass is 19.1. The fourth-order valence-electron chi connectivity index (χ4n) is 3.96. The Hall–Kier alpha value is -3.68. The predicted molar refractivity (Wildman–Crippen MR) is 121 cm³/mol. The number of carbonyl (C=O) groups excluding carboxylic acids is 2. The third-order valence-electron chi connectivity index (χ3n) is 5.94. The topological polar surface area (TPSA) is 87.3 Å². The Morgan fingerprint density at radius 3 is 2.55 bits per heavy atom. The molecule has 1 atom stereocenters. The fraction of sp³-hybridized carbons (Fsp3) is 0.320. The maximum absolute atomic E-state index is 13.3. The van der Waals surface area contributed by atoms with E-state index in [0.717, 1.165) is 22.6 Å². The van der Waals surface area contributed by atoms with Crippen molar-refractivity contribution in [2.45, 2.75) is 31.2 Å². The lowest BCUT2D eigenvalue weighted by molar-refractivity contribution is -0.140. The Morgan fingerprint density at radius 2 is 1.91 bits per heavy atom. The summed E-state index contributed by atoms with van der Waals surface area (Å²) >= 11 is 0. The minimum Gasteiger partial charge on any atom is -0.497 e. The van der Waals surface area contributed by atoms with E-state index >= 15 is 0 Å². The van der Waals surface area contributed by atoms with Crippen molar-refractivity contribution in [2.24, 2.45) is 0 Å². The van der Waals surface area contributed by atoms with Gasteiger partial charge < -0.3 is 19.9 Å². The van der Waals surface area contributed by atoms with E-state index in [2.05, 4.69) is 15.3 Å². The molecule has 1 fully saturated rings. The smallest absolute Gasteiger partial charge is 0.245 e. The number of rotatable bonds is 9. The average molecular weight is 451 g/mol. The number of nitrogens with one attached hydrogen (secondary N) is 2. The summed E-state index contributed by atoms with van der Waals surface area (Å²) in [7, 11) is 1.60. The first kappa shape index (κ1) is 22.5. The van der Waals surface area contributed by atoms with Crippen LogP contribution in [0.3, 0.4) is 0 Å². The minimum atomic E-state index is -0.665. The van der Waals surface area contributed by atoms with Crippen LogP contribution in [0.15, 0.2) is 61.1 Å². The molecular formula is C25H27FN4O3. The Morgan fingerprint density at radius 1 is 1.18 bits per heavy atom. The number of aryl methyl sites for hydroxylation is 1. The van der Waals surface area contributed by atoms with Crippen molar-refractivity contribution in [1.82, 2.24) is 20.2 Å². The molecule has 7 nitrogen and oxygen atoms in total. The highest BCUT2D eigenvalue weighted by Gasteiger charge is 2.35. The Labute approximate surface area is 192 Å². The van der Waals surface area contributed by atoms with E-state index < -0.39 is 6.04 Å². The third-order valence-corrected chi connectivity index (χ3v) is 5.94. The average Bonchev–Trinajstić information content (AvgIpc) is 3.32. The van der Waals surface area contributed by atoms with Gasteiger partial charge in [0.1, 0.15) is 17.6 Å². The molecule has 1 aliphatic rings. The highest BCUT2D eigenvalue weighted by Crippen LogP contribution is 2.28. The summed E-state index contributed by atoms with van der Waals surface area (Å²) in [6.07, 6.45) is 4.42. The molecule has 1 aromatic heterocycles. The van der Waals surface area contributed by atoms with Crippen LogP contribution in [0.1, 0.15) is 29.2 Å². The first-order valence-electron chi connectivity index (χ1n) is 11.0. The number of benzene rings is 2. The van der Waals surface area contributed by atoms with Gasteiger partial charge in [-0.25, -0.2) is 9.37 Å². The van der Waals surface area contributed by atoms with Crippen LogP contribution in [0.5, 0.6) is 5.75 Å². The van der Waals surface area contributed by atoms with Crippen molar-refractivity contribution in [3.63, 3.8) is 0 Å². The molecule has 0 radical (unpaired) electrons. The van der Waals surface area contributed by atoms with Gasteiger partial charge in [-0.3, -0.25) is 9.59 Å². The second kappa shape index (κ2) is 10.3. The van der Waals surface area contributed by atoms with Crippen molar-refractivity contribution in [1.29, 1.82) is 0 Å². The molecule has 2 heterocycles. The van der Waals surface area contributed by atoms with Gasteiger partial charge in [0.2, 0.25) is 11.8 Å². The Bertz CT molecular complexity index is 1060. The lowest BCUT2D eigenvalue weighted by Gasteiger charge is -2.41. The van der Waals surface area contributed by atoms with Crippen LogP contribution in [-0.2, 0) is 22.4 Å². The summed E-state index contributed by atoms with van der Waals surface area (Å²) in [6.45, 7) is 1.10. The molecule has 0 bridgehead atoms. The lowest BCUT2D eigenvalue weighted by Crippen LogP contribution is -2.56. The molecule has 8 heteroatoms. The van der Waals surface area contributed by atoms with Gasteiger partial charge in [0.25, 0.3) is 0 Å². The number of amides is 2. The number of nitrogens with zero attached hydrogens (tertiary/aromatic N) is 2. The molecule has 0 spiro atoms. The zero-order valence-corrected chi connectivity index (χ0v) is 18.5. The summed E-state index contributed by atoms with van der Waals surface area (Å²) in [4.78, 5) is 34.6. The van der Waals surface area contributed by atoms with Crippen LogP contribution >= 0.6 is 0 Å². The number of halogens is 1. The molecule has 1 saturated heterocycles. The molecule has 1 aliphatic heterocycles. The number of ether oxygens (including phenoxy) is 1. The number of hydrogen-bond donors (Lipinski definition) is 2. The summed E-state index contributed by atoms with van der Waals surface area (Å²) in [6, 6.07) is 13.2. The van der Waals surface area contributed by atoms with Gasteiger partial charge in [-0.1, -0.05) is 24.3 Å². The molecule has 0 aliphatic carbocycles. The first-order valence-corrected chi connectivity index (χ1v) is 11.0. The standard InChI is InChI=1S/C25H27FN4O3/c1-33-22-9-2-17(3-10-22)12-23(29-24(31)11-8-21-13-27-16-28-21)25(32)30-14-19(15-30)18-4-6-20(26)7-5-18/h2-7,9-10,13,16,19,23H,8,11-12,14-15H2,1H3,(H,27,28)(H,29,31). The first-order chi connectivity index (χ1) is 16.0. The summed E-state index contributed by atoms with van der Waals surface area (Å²) in [5.41, 5.74) is 2.81. The third kappa shape index (κ3) is 5.77. The van der Waals surface area contributed by atoms with E-state index in [-0.39, 0.29) is 30.0 Å². The number of imidazole rings is 1. The largest absolute Gasteiger partial charge is 0.497 e. The van der Waals surface area contributed by atoms with E-state index in [4.69, 9.17) is 4.74 Å². The van der Waals surface area contributed by atoms with Gasteiger partial charge in [0.15, 0.2) is 0 Å². The predicted octanol–water partition coefficient (Wildman–Crippen LogP) is 2.84. The van der Waals surface area contributed by atoms with Gasteiger partial charge in [0, 0.05) is 43.7 Å². The number of carbonyl (C=O) groups is 2. The lowest BCUT2D eigenvalue weighted by atomic mass is 9.90. The molecule has 2 N–H and O–H groups in total. The van der Waals surface area contributed by atoms with Crippen LogP contribution in [-0.4, -0.2) is 52.9 Å². The summed E-state index contributed by atoms with van der Waals surface area (Å²) < 4.78 is 18.4. The van der Waals surface area contributed by atoms with Gasteiger partial charge in [0.05, 0.1) is 13.4 Å². The van der Waals surface area contributed by atoms with E-state index in [1.807, 2.05) is 24.3 Å².